The van der Waals surface area contributed by atoms with Gasteiger partial charge in [0.05, 0.1) is 13.7 Å². The third kappa shape index (κ3) is 6.42. The molecule has 1 aliphatic carbocycles. The molecule has 1 aliphatic rings. The van der Waals surface area contributed by atoms with Gasteiger partial charge >= 0.3 is 0 Å². The van der Waals surface area contributed by atoms with Gasteiger partial charge < -0.3 is 14.8 Å². The molecule has 0 amide bonds. The lowest BCUT2D eigenvalue weighted by molar-refractivity contribution is 0.284. The zero-order chi connectivity index (χ0) is 16.3. The van der Waals surface area contributed by atoms with Crippen molar-refractivity contribution in [1.82, 2.24) is 5.32 Å². The standard InChI is InChI=1S/C20H33NO2/c1-3-4-5-6-9-14-23-19-13-12-17(15-20(19)22-2)16-21-18-10-7-8-11-18/h12-13,15,18,21H,3-11,14,16H2,1-2H3. The van der Waals surface area contributed by atoms with Crippen molar-refractivity contribution in [2.75, 3.05) is 13.7 Å². The molecule has 3 heteroatoms. The van der Waals surface area contributed by atoms with Gasteiger partial charge in [0.2, 0.25) is 0 Å². The number of rotatable bonds is 11. The van der Waals surface area contributed by atoms with Gasteiger partial charge in [-0.15, -0.1) is 0 Å². The Morgan fingerprint density at radius 3 is 2.57 bits per heavy atom. The molecule has 130 valence electrons. The number of unbranched alkanes of at least 4 members (excludes halogenated alkanes) is 4. The van der Waals surface area contributed by atoms with E-state index in [1.165, 1.54) is 56.9 Å². The van der Waals surface area contributed by atoms with Gasteiger partial charge in [0.1, 0.15) is 0 Å². The molecule has 0 atom stereocenters. The number of nitrogens with one attached hydrogen (secondary N) is 1. The Morgan fingerprint density at radius 1 is 1.04 bits per heavy atom. The molecule has 0 unspecified atom stereocenters. The summed E-state index contributed by atoms with van der Waals surface area (Å²) in [5.41, 5.74) is 1.27. The second-order valence-electron chi connectivity index (χ2n) is 6.61. The first-order chi connectivity index (χ1) is 11.3. The number of benzene rings is 1. The molecule has 0 aliphatic heterocycles. The van der Waals surface area contributed by atoms with E-state index in [0.717, 1.165) is 31.1 Å². The van der Waals surface area contributed by atoms with Gasteiger partial charge in [0.15, 0.2) is 11.5 Å². The molecule has 0 heterocycles. The van der Waals surface area contributed by atoms with Crippen LogP contribution < -0.4 is 14.8 Å². The summed E-state index contributed by atoms with van der Waals surface area (Å²) in [7, 11) is 1.72. The van der Waals surface area contributed by atoms with Crippen LogP contribution in [0.25, 0.3) is 0 Å². The van der Waals surface area contributed by atoms with E-state index in [4.69, 9.17) is 9.47 Å². The van der Waals surface area contributed by atoms with E-state index in [1.807, 2.05) is 0 Å². The van der Waals surface area contributed by atoms with Crippen LogP contribution in [0.1, 0.15) is 70.3 Å². The second-order valence-corrected chi connectivity index (χ2v) is 6.61. The second kappa shape index (κ2) is 10.5. The average molecular weight is 319 g/mol. The van der Waals surface area contributed by atoms with E-state index in [2.05, 4.69) is 30.4 Å². The van der Waals surface area contributed by atoms with Gasteiger partial charge in [-0.1, -0.05) is 51.5 Å². The van der Waals surface area contributed by atoms with Crippen molar-refractivity contribution in [2.45, 2.75) is 77.3 Å². The molecule has 1 aromatic rings. The van der Waals surface area contributed by atoms with Gasteiger partial charge in [-0.3, -0.25) is 0 Å². The van der Waals surface area contributed by atoms with Crippen LogP contribution in [0.2, 0.25) is 0 Å². The van der Waals surface area contributed by atoms with Crippen LogP contribution in [-0.2, 0) is 6.54 Å². The molecule has 1 saturated carbocycles. The van der Waals surface area contributed by atoms with E-state index in [9.17, 15) is 0 Å². The van der Waals surface area contributed by atoms with Crippen molar-refractivity contribution in [2.24, 2.45) is 0 Å². The first-order valence-electron chi connectivity index (χ1n) is 9.36. The van der Waals surface area contributed by atoms with Gasteiger partial charge in [0, 0.05) is 12.6 Å². The minimum absolute atomic E-state index is 0.694. The van der Waals surface area contributed by atoms with Crippen molar-refractivity contribution in [1.29, 1.82) is 0 Å². The first-order valence-corrected chi connectivity index (χ1v) is 9.36. The molecule has 0 bridgehead atoms. The third-order valence-corrected chi connectivity index (χ3v) is 4.68. The predicted molar refractivity (Wildman–Crippen MR) is 96.3 cm³/mol. The molecule has 0 radical (unpaired) electrons. The molecule has 1 N–H and O–H groups in total. The minimum Gasteiger partial charge on any atom is -0.493 e. The van der Waals surface area contributed by atoms with Gasteiger partial charge in [0.25, 0.3) is 0 Å². The Kier molecular flexibility index (Phi) is 8.30. The molecule has 3 nitrogen and oxygen atoms in total. The number of hydrogen-bond acceptors (Lipinski definition) is 3. The van der Waals surface area contributed by atoms with E-state index in [-0.39, 0.29) is 0 Å². The Hall–Kier alpha value is -1.22. The van der Waals surface area contributed by atoms with Crippen LogP contribution in [0.15, 0.2) is 18.2 Å². The summed E-state index contributed by atoms with van der Waals surface area (Å²) in [5.74, 6) is 1.72. The Balaban J connectivity index is 1.76. The molecule has 1 fully saturated rings. The number of hydrogen-bond donors (Lipinski definition) is 1. The molecule has 1 aromatic carbocycles. The minimum atomic E-state index is 0.694. The van der Waals surface area contributed by atoms with Crippen LogP contribution >= 0.6 is 0 Å². The monoisotopic (exact) mass is 319 g/mol. The summed E-state index contributed by atoms with van der Waals surface area (Å²) < 4.78 is 11.4. The highest BCUT2D eigenvalue weighted by Crippen LogP contribution is 2.28. The fourth-order valence-electron chi connectivity index (χ4n) is 3.22. The van der Waals surface area contributed by atoms with Crippen molar-refractivity contribution in [3.8, 4) is 11.5 Å². The molecular weight excluding hydrogens is 286 g/mol. The highest BCUT2D eigenvalue weighted by Gasteiger charge is 2.14. The quantitative estimate of drug-likeness (QED) is 0.577. The van der Waals surface area contributed by atoms with Crippen LogP contribution in [0.4, 0.5) is 0 Å². The number of ether oxygens (including phenoxy) is 2. The maximum absolute atomic E-state index is 5.90. The zero-order valence-electron chi connectivity index (χ0n) is 14.9. The smallest absolute Gasteiger partial charge is 0.161 e. The maximum Gasteiger partial charge on any atom is 0.161 e. The average Bonchev–Trinajstić information content (AvgIpc) is 3.10. The van der Waals surface area contributed by atoms with E-state index >= 15 is 0 Å². The zero-order valence-corrected chi connectivity index (χ0v) is 14.9. The van der Waals surface area contributed by atoms with Crippen molar-refractivity contribution in [3.05, 3.63) is 23.8 Å². The fourth-order valence-corrected chi connectivity index (χ4v) is 3.22. The Labute approximate surface area is 141 Å². The van der Waals surface area contributed by atoms with Crippen LogP contribution in [0, 0.1) is 0 Å². The largest absolute Gasteiger partial charge is 0.493 e. The van der Waals surface area contributed by atoms with Gasteiger partial charge in [-0.2, -0.15) is 0 Å². The normalized spacial score (nSPS) is 15.0. The molecule has 2 rings (SSSR count). The van der Waals surface area contributed by atoms with Crippen molar-refractivity contribution in [3.63, 3.8) is 0 Å². The molecule has 23 heavy (non-hydrogen) atoms. The highest BCUT2D eigenvalue weighted by molar-refractivity contribution is 5.42. The summed E-state index contributed by atoms with van der Waals surface area (Å²) in [6, 6.07) is 7.00. The van der Waals surface area contributed by atoms with Gasteiger partial charge in [-0.25, -0.2) is 0 Å². The van der Waals surface area contributed by atoms with Crippen molar-refractivity contribution < 1.29 is 9.47 Å². The summed E-state index contributed by atoms with van der Waals surface area (Å²) >= 11 is 0. The summed E-state index contributed by atoms with van der Waals surface area (Å²) in [6.45, 7) is 3.93. The fraction of sp³-hybridized carbons (Fsp3) is 0.700. The maximum atomic E-state index is 5.90. The molecule has 0 saturated heterocycles. The van der Waals surface area contributed by atoms with Crippen LogP contribution in [-0.4, -0.2) is 19.8 Å². The van der Waals surface area contributed by atoms with Crippen LogP contribution in [0.5, 0.6) is 11.5 Å². The third-order valence-electron chi connectivity index (χ3n) is 4.68. The predicted octanol–water partition coefficient (Wildman–Crippen LogP) is 5.08. The summed E-state index contributed by atoms with van der Waals surface area (Å²) in [6.07, 6.45) is 11.7. The Bertz CT molecular complexity index is 441. The lowest BCUT2D eigenvalue weighted by Gasteiger charge is -2.14. The SMILES string of the molecule is CCCCCCCOc1ccc(CNC2CCCC2)cc1OC. The summed E-state index contributed by atoms with van der Waals surface area (Å²) in [4.78, 5) is 0. The molecule has 0 aromatic heterocycles. The van der Waals surface area contributed by atoms with E-state index < -0.39 is 0 Å². The lowest BCUT2D eigenvalue weighted by Crippen LogP contribution is -2.25. The summed E-state index contributed by atoms with van der Waals surface area (Å²) in [5, 5.41) is 3.64. The van der Waals surface area contributed by atoms with Crippen molar-refractivity contribution >= 4 is 0 Å². The highest BCUT2D eigenvalue weighted by atomic mass is 16.5. The van der Waals surface area contributed by atoms with E-state index in [1.54, 1.807) is 7.11 Å². The topological polar surface area (TPSA) is 30.5 Å². The molecule has 0 spiro atoms. The lowest BCUT2D eigenvalue weighted by atomic mass is 10.1. The van der Waals surface area contributed by atoms with Gasteiger partial charge in [-0.05, 0) is 37.0 Å². The van der Waals surface area contributed by atoms with E-state index in [0.29, 0.717) is 6.04 Å². The first kappa shape index (κ1) is 18.1. The molecular formula is C20H33NO2. The number of methoxy groups -OCH3 is 1. The Morgan fingerprint density at radius 2 is 1.83 bits per heavy atom. The van der Waals surface area contributed by atoms with Crippen LogP contribution in [0.3, 0.4) is 0 Å².